The molecule has 1 aromatic heterocycles. The average Bonchev–Trinajstić information content (AvgIpc) is 2.81. The van der Waals surface area contributed by atoms with E-state index in [2.05, 4.69) is 36.7 Å². The van der Waals surface area contributed by atoms with Gasteiger partial charge in [-0.1, -0.05) is 20.8 Å². The lowest BCUT2D eigenvalue weighted by Gasteiger charge is -2.32. The van der Waals surface area contributed by atoms with E-state index >= 15 is 0 Å². The molecule has 8 heteroatoms. The molecule has 1 unspecified atom stereocenters. The van der Waals surface area contributed by atoms with Crippen molar-refractivity contribution in [2.75, 3.05) is 26.9 Å². The summed E-state index contributed by atoms with van der Waals surface area (Å²) in [4.78, 5) is 24.0. The molecule has 2 aromatic rings. The minimum Gasteiger partial charge on any atom is -0.492 e. The number of aromatic nitrogens is 1. The van der Waals surface area contributed by atoms with Gasteiger partial charge in [0.15, 0.2) is 5.43 Å². The summed E-state index contributed by atoms with van der Waals surface area (Å²) in [6, 6.07) is 4.85. The summed E-state index contributed by atoms with van der Waals surface area (Å²) in [5.74, 6) is -0.0210. The van der Waals surface area contributed by atoms with Gasteiger partial charge in [-0.3, -0.25) is 4.79 Å². The number of halogens is 1. The number of aromatic carboxylic acids is 1. The van der Waals surface area contributed by atoms with Crippen molar-refractivity contribution in [2.24, 2.45) is 5.41 Å². The van der Waals surface area contributed by atoms with Crippen LogP contribution in [0.25, 0.3) is 11.3 Å². The first-order valence-electron chi connectivity index (χ1n) is 9.71. The highest BCUT2D eigenvalue weighted by atomic mass is 79.9. The Morgan fingerprint density at radius 3 is 2.67 bits per heavy atom. The van der Waals surface area contributed by atoms with Crippen LogP contribution in [-0.4, -0.2) is 42.6 Å². The SMILES string of the molecule is COCCCOc1cc2c(cc1Br)-c1cc(=O)c(C(=O)O)cn1C(C(C)(C)C)CO2. The highest BCUT2D eigenvalue weighted by Gasteiger charge is 2.33. The summed E-state index contributed by atoms with van der Waals surface area (Å²) in [5.41, 5.74) is 0.285. The van der Waals surface area contributed by atoms with Crippen LogP contribution in [0.3, 0.4) is 0 Å². The number of ether oxygens (including phenoxy) is 3. The second-order valence-electron chi connectivity index (χ2n) is 8.32. The molecule has 1 aromatic carbocycles. The molecule has 0 saturated carbocycles. The van der Waals surface area contributed by atoms with Crippen molar-refractivity contribution in [3.8, 4) is 22.8 Å². The fourth-order valence-electron chi connectivity index (χ4n) is 3.45. The Hall–Kier alpha value is -2.32. The Morgan fingerprint density at radius 2 is 2.03 bits per heavy atom. The number of carbonyl (C=O) groups is 1. The minimum atomic E-state index is -1.24. The fourth-order valence-corrected chi connectivity index (χ4v) is 3.91. The Balaban J connectivity index is 2.13. The minimum absolute atomic E-state index is 0.177. The molecule has 1 aliphatic heterocycles. The topological polar surface area (TPSA) is 87.0 Å². The molecule has 0 saturated heterocycles. The lowest BCUT2D eigenvalue weighted by molar-refractivity contribution is 0.0693. The Labute approximate surface area is 183 Å². The third-order valence-corrected chi connectivity index (χ3v) is 5.72. The maximum absolute atomic E-state index is 12.5. The molecule has 0 bridgehead atoms. The van der Waals surface area contributed by atoms with E-state index in [4.69, 9.17) is 14.2 Å². The molecule has 0 amide bonds. The summed E-state index contributed by atoms with van der Waals surface area (Å²) in [6.45, 7) is 7.59. The van der Waals surface area contributed by atoms with Crippen LogP contribution < -0.4 is 14.9 Å². The van der Waals surface area contributed by atoms with Gasteiger partial charge < -0.3 is 23.9 Å². The van der Waals surface area contributed by atoms with Gasteiger partial charge in [-0.2, -0.15) is 0 Å². The molecule has 0 spiro atoms. The first-order chi connectivity index (χ1) is 14.1. The number of hydrogen-bond acceptors (Lipinski definition) is 5. The van der Waals surface area contributed by atoms with E-state index in [1.165, 1.54) is 12.3 Å². The summed E-state index contributed by atoms with van der Waals surface area (Å²) in [6.07, 6.45) is 2.18. The third kappa shape index (κ3) is 4.54. The van der Waals surface area contributed by atoms with E-state index in [0.717, 1.165) is 10.9 Å². The van der Waals surface area contributed by atoms with E-state index < -0.39 is 11.4 Å². The lowest BCUT2D eigenvalue weighted by atomic mass is 9.86. The molecular weight excluding hydrogens is 454 g/mol. The number of benzene rings is 1. The molecule has 1 aliphatic rings. The van der Waals surface area contributed by atoms with Gasteiger partial charge >= 0.3 is 5.97 Å². The second-order valence-corrected chi connectivity index (χ2v) is 9.17. The van der Waals surface area contributed by atoms with Crippen molar-refractivity contribution in [1.82, 2.24) is 4.57 Å². The Morgan fingerprint density at radius 1 is 1.30 bits per heavy atom. The highest BCUT2D eigenvalue weighted by Crippen LogP contribution is 2.44. The van der Waals surface area contributed by atoms with Gasteiger partial charge in [-0.15, -0.1) is 0 Å². The Kier molecular flexibility index (Phi) is 6.57. The average molecular weight is 480 g/mol. The molecule has 1 N–H and O–H groups in total. The Bertz CT molecular complexity index is 1010. The number of methoxy groups -OCH3 is 1. The number of pyridine rings is 1. The van der Waals surface area contributed by atoms with Crippen molar-refractivity contribution < 1.29 is 24.1 Å². The number of fused-ring (bicyclic) bond motifs is 3. The summed E-state index contributed by atoms with van der Waals surface area (Å²) in [7, 11) is 1.65. The van der Waals surface area contributed by atoms with E-state index in [9.17, 15) is 14.7 Å². The normalized spacial score (nSPS) is 15.6. The maximum Gasteiger partial charge on any atom is 0.341 e. The van der Waals surface area contributed by atoms with Gasteiger partial charge in [-0.25, -0.2) is 4.79 Å². The number of carboxylic acids is 1. The van der Waals surface area contributed by atoms with Crippen LogP contribution in [0.15, 0.2) is 33.7 Å². The summed E-state index contributed by atoms with van der Waals surface area (Å²) >= 11 is 3.54. The number of nitrogens with zero attached hydrogens (tertiary/aromatic N) is 1. The van der Waals surface area contributed by atoms with Crippen LogP contribution in [0.4, 0.5) is 0 Å². The van der Waals surface area contributed by atoms with Gasteiger partial charge in [-0.05, 0) is 27.4 Å². The zero-order valence-electron chi connectivity index (χ0n) is 17.5. The van der Waals surface area contributed by atoms with Crippen molar-refractivity contribution in [3.05, 3.63) is 44.7 Å². The van der Waals surface area contributed by atoms with E-state index in [1.807, 2.05) is 10.6 Å². The molecular formula is C22H26BrNO6. The largest absolute Gasteiger partial charge is 0.492 e. The van der Waals surface area contributed by atoms with E-state index in [0.29, 0.717) is 42.6 Å². The summed E-state index contributed by atoms with van der Waals surface area (Å²) in [5, 5.41) is 9.45. The van der Waals surface area contributed by atoms with Crippen LogP contribution in [0.2, 0.25) is 0 Å². The standard InChI is InChI=1S/C22H26BrNO6/c1-22(2,3)20-12-30-18-10-19(29-7-5-6-28-4)15(23)8-13(18)16-9-17(25)14(21(26)27)11-24(16)20/h8-11,20H,5-7,12H2,1-4H3,(H,26,27). The molecule has 3 rings (SSSR count). The quantitative estimate of drug-likeness (QED) is 0.618. The van der Waals surface area contributed by atoms with Gasteiger partial charge in [0.25, 0.3) is 0 Å². The first kappa shape index (κ1) is 22.4. The van der Waals surface area contributed by atoms with Crippen LogP contribution in [0.1, 0.15) is 43.6 Å². The van der Waals surface area contributed by atoms with Crippen molar-refractivity contribution >= 4 is 21.9 Å². The van der Waals surface area contributed by atoms with E-state index in [-0.39, 0.29) is 17.0 Å². The fraction of sp³-hybridized carbons (Fsp3) is 0.455. The van der Waals surface area contributed by atoms with Gasteiger partial charge in [0, 0.05) is 44.0 Å². The number of carboxylic acid groups (broad SMARTS) is 1. The molecule has 0 radical (unpaired) electrons. The van der Waals surface area contributed by atoms with Crippen LogP contribution in [0, 0.1) is 5.41 Å². The lowest BCUT2D eigenvalue weighted by Crippen LogP contribution is -2.31. The van der Waals surface area contributed by atoms with Gasteiger partial charge in [0.2, 0.25) is 0 Å². The van der Waals surface area contributed by atoms with Crippen LogP contribution in [-0.2, 0) is 4.74 Å². The zero-order chi connectivity index (χ0) is 22.1. The smallest absolute Gasteiger partial charge is 0.341 e. The van der Waals surface area contributed by atoms with Crippen molar-refractivity contribution in [3.63, 3.8) is 0 Å². The monoisotopic (exact) mass is 479 g/mol. The van der Waals surface area contributed by atoms with Crippen molar-refractivity contribution in [2.45, 2.75) is 33.2 Å². The number of rotatable bonds is 6. The molecule has 2 heterocycles. The molecule has 0 fully saturated rings. The molecule has 1 atom stereocenters. The highest BCUT2D eigenvalue weighted by molar-refractivity contribution is 9.10. The maximum atomic E-state index is 12.5. The zero-order valence-corrected chi connectivity index (χ0v) is 19.1. The van der Waals surface area contributed by atoms with Crippen LogP contribution >= 0.6 is 15.9 Å². The molecule has 7 nitrogen and oxygen atoms in total. The molecule has 162 valence electrons. The second kappa shape index (κ2) is 8.81. The van der Waals surface area contributed by atoms with Crippen LogP contribution in [0.5, 0.6) is 11.5 Å². The molecule has 0 aliphatic carbocycles. The van der Waals surface area contributed by atoms with Gasteiger partial charge in [0.1, 0.15) is 23.7 Å². The predicted molar refractivity (Wildman–Crippen MR) is 117 cm³/mol. The third-order valence-electron chi connectivity index (χ3n) is 5.10. The molecule has 30 heavy (non-hydrogen) atoms. The predicted octanol–water partition coefficient (Wildman–Crippen LogP) is 4.37. The first-order valence-corrected chi connectivity index (χ1v) is 10.5. The summed E-state index contributed by atoms with van der Waals surface area (Å²) < 4.78 is 19.6. The van der Waals surface area contributed by atoms with E-state index in [1.54, 1.807) is 13.2 Å². The van der Waals surface area contributed by atoms with Crippen molar-refractivity contribution in [1.29, 1.82) is 0 Å². The van der Waals surface area contributed by atoms with Gasteiger partial charge in [0.05, 0.1) is 22.8 Å². The number of hydrogen-bond donors (Lipinski definition) is 1.